The lowest BCUT2D eigenvalue weighted by molar-refractivity contribution is 0.211. The van der Waals surface area contributed by atoms with E-state index in [2.05, 4.69) is 51.6 Å². The van der Waals surface area contributed by atoms with Crippen molar-refractivity contribution in [3.8, 4) is 0 Å². The maximum absolute atomic E-state index is 3.42. The highest BCUT2D eigenvalue weighted by atomic mass is 15.0. The number of hydrogen-bond donors (Lipinski definition) is 2. The van der Waals surface area contributed by atoms with Gasteiger partial charge in [0.2, 0.25) is 0 Å². The van der Waals surface area contributed by atoms with Crippen molar-refractivity contribution in [2.45, 2.75) is 45.2 Å². The van der Waals surface area contributed by atoms with Gasteiger partial charge >= 0.3 is 0 Å². The van der Waals surface area contributed by atoms with E-state index in [1.54, 1.807) is 0 Å². The highest BCUT2D eigenvalue weighted by molar-refractivity contribution is 5.13. The van der Waals surface area contributed by atoms with E-state index in [1.165, 1.54) is 18.4 Å². The monoisotopic (exact) mass is 196 g/mol. The molecule has 1 rings (SSSR count). The molecular weight excluding hydrogens is 172 g/mol. The Morgan fingerprint density at radius 3 is 2.50 bits per heavy atom. The number of hydrogen-bond acceptors (Lipinski definition) is 2. The first-order valence-electron chi connectivity index (χ1n) is 5.54. The lowest BCUT2D eigenvalue weighted by atomic mass is 9.74. The van der Waals surface area contributed by atoms with Crippen LogP contribution in [0, 0.1) is 5.92 Å². The third-order valence-electron chi connectivity index (χ3n) is 3.65. The Kier molecular flexibility index (Phi) is 3.73. The van der Waals surface area contributed by atoms with E-state index in [4.69, 9.17) is 0 Å². The second kappa shape index (κ2) is 4.45. The van der Waals surface area contributed by atoms with Crippen LogP contribution >= 0.6 is 0 Å². The molecule has 0 saturated carbocycles. The molecule has 0 spiro atoms. The van der Waals surface area contributed by atoms with Crippen molar-refractivity contribution in [3.05, 3.63) is 11.6 Å². The first-order chi connectivity index (χ1) is 6.51. The summed E-state index contributed by atoms with van der Waals surface area (Å²) in [7, 11) is 4.11. The second-order valence-corrected chi connectivity index (χ2v) is 4.94. The van der Waals surface area contributed by atoms with E-state index in [0.29, 0.717) is 12.0 Å². The Morgan fingerprint density at radius 1 is 1.36 bits per heavy atom. The lowest BCUT2D eigenvalue weighted by Crippen LogP contribution is -2.52. The molecule has 1 aliphatic carbocycles. The Hall–Kier alpha value is -0.340. The standard InChI is InChI=1S/C12H24N2/c1-9-6-7-10(11(8-9)13-4)12(2,3)14-5/h8,10-11,13-14H,6-7H2,1-5H3. The molecule has 2 heteroatoms. The molecule has 2 unspecified atom stereocenters. The van der Waals surface area contributed by atoms with Crippen LogP contribution in [0.3, 0.4) is 0 Å². The molecule has 14 heavy (non-hydrogen) atoms. The molecule has 2 nitrogen and oxygen atoms in total. The van der Waals surface area contributed by atoms with Gasteiger partial charge in [-0.25, -0.2) is 0 Å². The Bertz CT molecular complexity index is 218. The molecule has 0 radical (unpaired) electrons. The van der Waals surface area contributed by atoms with Gasteiger partial charge in [0.15, 0.2) is 0 Å². The van der Waals surface area contributed by atoms with Gasteiger partial charge in [-0.3, -0.25) is 0 Å². The zero-order valence-electron chi connectivity index (χ0n) is 10.1. The van der Waals surface area contributed by atoms with Crippen molar-refractivity contribution >= 4 is 0 Å². The molecule has 82 valence electrons. The summed E-state index contributed by atoms with van der Waals surface area (Å²) in [6.07, 6.45) is 4.91. The average molecular weight is 196 g/mol. The minimum atomic E-state index is 0.213. The fraction of sp³-hybridized carbons (Fsp3) is 0.833. The smallest absolute Gasteiger partial charge is 0.0295 e. The van der Waals surface area contributed by atoms with Gasteiger partial charge in [0.1, 0.15) is 0 Å². The minimum Gasteiger partial charge on any atom is -0.314 e. The largest absolute Gasteiger partial charge is 0.314 e. The molecule has 0 aliphatic heterocycles. The van der Waals surface area contributed by atoms with E-state index in [0.717, 1.165) is 0 Å². The van der Waals surface area contributed by atoms with Gasteiger partial charge in [-0.15, -0.1) is 0 Å². The highest BCUT2D eigenvalue weighted by Crippen LogP contribution is 2.31. The van der Waals surface area contributed by atoms with E-state index in [1.807, 2.05) is 0 Å². The van der Waals surface area contributed by atoms with Crippen LogP contribution < -0.4 is 10.6 Å². The van der Waals surface area contributed by atoms with Gasteiger partial charge in [-0.05, 0) is 53.6 Å². The van der Waals surface area contributed by atoms with Gasteiger partial charge in [-0.1, -0.05) is 11.6 Å². The van der Waals surface area contributed by atoms with E-state index in [9.17, 15) is 0 Å². The number of likely N-dealkylation sites (N-methyl/N-ethyl adjacent to an activating group) is 1. The van der Waals surface area contributed by atoms with Gasteiger partial charge in [0.05, 0.1) is 0 Å². The van der Waals surface area contributed by atoms with Crippen LogP contribution in [0.25, 0.3) is 0 Å². The maximum atomic E-state index is 3.42. The summed E-state index contributed by atoms with van der Waals surface area (Å²) >= 11 is 0. The molecular formula is C12H24N2. The summed E-state index contributed by atoms with van der Waals surface area (Å²) in [6.45, 7) is 6.81. The third-order valence-corrected chi connectivity index (χ3v) is 3.65. The van der Waals surface area contributed by atoms with Crippen LogP contribution in [-0.4, -0.2) is 25.7 Å². The predicted octanol–water partition coefficient (Wildman–Crippen LogP) is 1.93. The van der Waals surface area contributed by atoms with Gasteiger partial charge in [-0.2, -0.15) is 0 Å². The third kappa shape index (κ3) is 2.37. The average Bonchev–Trinajstić information content (AvgIpc) is 2.17. The van der Waals surface area contributed by atoms with E-state index < -0.39 is 0 Å². The molecule has 0 fully saturated rings. The van der Waals surface area contributed by atoms with E-state index in [-0.39, 0.29) is 5.54 Å². The molecule has 0 amide bonds. The fourth-order valence-electron chi connectivity index (χ4n) is 2.35. The molecule has 1 aliphatic rings. The maximum Gasteiger partial charge on any atom is 0.0295 e. The Morgan fingerprint density at radius 2 is 2.00 bits per heavy atom. The van der Waals surface area contributed by atoms with Gasteiger partial charge in [0.25, 0.3) is 0 Å². The molecule has 2 N–H and O–H groups in total. The molecule has 0 saturated heterocycles. The van der Waals surface area contributed by atoms with Crippen molar-refractivity contribution in [2.75, 3.05) is 14.1 Å². The zero-order valence-corrected chi connectivity index (χ0v) is 10.1. The summed E-state index contributed by atoms with van der Waals surface area (Å²) in [5.74, 6) is 0.682. The Labute approximate surface area is 88.2 Å². The predicted molar refractivity (Wildman–Crippen MR) is 62.5 cm³/mol. The quantitative estimate of drug-likeness (QED) is 0.674. The summed E-state index contributed by atoms with van der Waals surface area (Å²) in [6, 6.07) is 0.520. The zero-order chi connectivity index (χ0) is 10.8. The van der Waals surface area contributed by atoms with Crippen LogP contribution in [-0.2, 0) is 0 Å². The van der Waals surface area contributed by atoms with Gasteiger partial charge in [0, 0.05) is 11.6 Å². The first-order valence-corrected chi connectivity index (χ1v) is 5.54. The number of nitrogens with one attached hydrogen (secondary N) is 2. The topological polar surface area (TPSA) is 24.1 Å². The number of rotatable bonds is 3. The first kappa shape index (κ1) is 11.7. The van der Waals surface area contributed by atoms with E-state index >= 15 is 0 Å². The molecule has 0 bridgehead atoms. The summed E-state index contributed by atoms with van der Waals surface area (Å²) < 4.78 is 0. The molecule has 2 atom stereocenters. The van der Waals surface area contributed by atoms with Crippen LogP contribution in [0.5, 0.6) is 0 Å². The number of allylic oxidation sites excluding steroid dienone is 1. The highest BCUT2D eigenvalue weighted by Gasteiger charge is 2.34. The Balaban J connectivity index is 2.80. The SMILES string of the molecule is CNC1C=C(C)CCC1C(C)(C)NC. The van der Waals surface area contributed by atoms with Crippen molar-refractivity contribution < 1.29 is 0 Å². The van der Waals surface area contributed by atoms with Crippen molar-refractivity contribution in [1.29, 1.82) is 0 Å². The molecule has 0 aromatic rings. The fourth-order valence-corrected chi connectivity index (χ4v) is 2.35. The minimum absolute atomic E-state index is 0.213. The second-order valence-electron chi connectivity index (χ2n) is 4.94. The molecule has 0 aromatic carbocycles. The summed E-state index contributed by atoms with van der Waals surface area (Å²) in [5, 5.41) is 6.83. The van der Waals surface area contributed by atoms with Crippen LogP contribution in [0.15, 0.2) is 11.6 Å². The van der Waals surface area contributed by atoms with Gasteiger partial charge < -0.3 is 10.6 Å². The van der Waals surface area contributed by atoms with Crippen molar-refractivity contribution in [1.82, 2.24) is 10.6 Å². The summed E-state index contributed by atoms with van der Waals surface area (Å²) in [4.78, 5) is 0. The van der Waals surface area contributed by atoms with Crippen molar-refractivity contribution in [2.24, 2.45) is 5.92 Å². The lowest BCUT2D eigenvalue weighted by Gasteiger charge is -2.41. The van der Waals surface area contributed by atoms with Crippen LogP contribution in [0.4, 0.5) is 0 Å². The van der Waals surface area contributed by atoms with Crippen molar-refractivity contribution in [3.63, 3.8) is 0 Å². The summed E-state index contributed by atoms with van der Waals surface area (Å²) in [5.41, 5.74) is 1.73. The normalized spacial score (nSPS) is 28.8. The molecule has 0 heterocycles. The molecule has 0 aromatic heterocycles. The van der Waals surface area contributed by atoms with Crippen LogP contribution in [0.1, 0.15) is 33.6 Å². The van der Waals surface area contributed by atoms with Crippen LogP contribution in [0.2, 0.25) is 0 Å².